The molecule has 0 saturated heterocycles. The highest BCUT2D eigenvalue weighted by Crippen LogP contribution is 2.27. The molecule has 0 aliphatic rings. The fourth-order valence-electron chi connectivity index (χ4n) is 3.01. The lowest BCUT2D eigenvalue weighted by molar-refractivity contribution is -0.116. The Hall–Kier alpha value is -2.15. The summed E-state index contributed by atoms with van der Waals surface area (Å²) < 4.78 is 15.4. The number of fused-ring (bicyclic) bond motifs is 1. The van der Waals surface area contributed by atoms with Crippen LogP contribution in [-0.2, 0) is 11.8 Å². The van der Waals surface area contributed by atoms with Crippen molar-refractivity contribution >= 4 is 47.4 Å². The highest BCUT2D eigenvalue weighted by atomic mass is 35.5. The van der Waals surface area contributed by atoms with Crippen LogP contribution in [0.5, 0.6) is 0 Å². The van der Waals surface area contributed by atoms with Crippen LogP contribution in [0.25, 0.3) is 22.4 Å². The third-order valence-electron chi connectivity index (χ3n) is 4.43. The fraction of sp³-hybridized carbons (Fsp3) is 0.300. The van der Waals surface area contributed by atoms with Gasteiger partial charge in [-0.1, -0.05) is 0 Å². The zero-order valence-corrected chi connectivity index (χ0v) is 17.7. The molecule has 5 nitrogen and oxygen atoms in total. The number of benzene rings is 2. The molecular formula is C20H25Cl2FN4O. The molecular weight excluding hydrogens is 402 g/mol. The Morgan fingerprint density at radius 3 is 2.61 bits per heavy atom. The second-order valence-electron chi connectivity index (χ2n) is 6.41. The van der Waals surface area contributed by atoms with E-state index in [0.717, 1.165) is 41.1 Å². The largest absolute Gasteiger partial charge is 0.327 e. The lowest BCUT2D eigenvalue weighted by Gasteiger charge is -2.10. The number of aryl methyl sites for hydroxylation is 2. The number of rotatable bonds is 6. The smallest absolute Gasteiger partial charge is 0.224 e. The Labute approximate surface area is 176 Å². The Morgan fingerprint density at radius 2 is 1.93 bits per heavy atom. The second-order valence-corrected chi connectivity index (χ2v) is 6.41. The molecule has 0 spiro atoms. The highest BCUT2D eigenvalue weighted by Gasteiger charge is 2.12. The highest BCUT2D eigenvalue weighted by molar-refractivity contribution is 5.92. The number of amides is 1. The summed E-state index contributed by atoms with van der Waals surface area (Å²) in [5.74, 6) is 0.476. The van der Waals surface area contributed by atoms with Crippen LogP contribution in [0.3, 0.4) is 0 Å². The molecule has 0 bridgehead atoms. The normalized spacial score (nSPS) is 10.3. The van der Waals surface area contributed by atoms with Crippen molar-refractivity contribution < 1.29 is 9.18 Å². The molecule has 1 aromatic heterocycles. The van der Waals surface area contributed by atoms with Gasteiger partial charge in [0.25, 0.3) is 0 Å². The molecule has 2 aromatic carbocycles. The minimum atomic E-state index is -0.297. The topological polar surface area (TPSA) is 59.0 Å². The molecule has 152 valence electrons. The zero-order valence-electron chi connectivity index (χ0n) is 16.1. The molecule has 0 aliphatic carbocycles. The Balaban J connectivity index is 0.00000196. The summed E-state index contributed by atoms with van der Waals surface area (Å²) in [7, 11) is 3.78. The molecule has 0 unspecified atom stereocenters. The molecule has 0 radical (unpaired) electrons. The van der Waals surface area contributed by atoms with Crippen molar-refractivity contribution in [1.82, 2.24) is 14.9 Å². The van der Waals surface area contributed by atoms with Crippen LogP contribution < -0.4 is 10.6 Å². The number of imidazole rings is 1. The molecule has 1 amide bonds. The number of nitrogens with one attached hydrogen (secondary N) is 2. The van der Waals surface area contributed by atoms with Gasteiger partial charge in [-0.15, -0.1) is 24.8 Å². The monoisotopic (exact) mass is 426 g/mol. The molecule has 0 saturated carbocycles. The van der Waals surface area contributed by atoms with Gasteiger partial charge in [0.15, 0.2) is 0 Å². The fourth-order valence-corrected chi connectivity index (χ4v) is 3.01. The van der Waals surface area contributed by atoms with Gasteiger partial charge in [-0.2, -0.15) is 0 Å². The number of halogens is 3. The molecule has 3 aromatic rings. The number of carbonyl (C=O) groups excluding carboxylic acids is 1. The van der Waals surface area contributed by atoms with Gasteiger partial charge >= 0.3 is 0 Å². The van der Waals surface area contributed by atoms with Crippen LogP contribution in [0.15, 0.2) is 36.4 Å². The predicted octanol–water partition coefficient (Wildman–Crippen LogP) is 4.47. The standard InChI is InChI=1S/C20H23FN4O.2ClH/c1-13-11-14(6-8-16(13)23-19(26)5-4-10-22-2)20-24-17-12-15(21)7-9-18(17)25(20)3;;/h6-9,11-12,22H,4-5,10H2,1-3H3,(H,23,26);2*1H. The molecule has 3 rings (SSSR count). The molecule has 1 heterocycles. The minimum Gasteiger partial charge on any atom is -0.327 e. The van der Waals surface area contributed by atoms with E-state index in [0.29, 0.717) is 11.9 Å². The third-order valence-corrected chi connectivity index (χ3v) is 4.43. The van der Waals surface area contributed by atoms with E-state index in [4.69, 9.17) is 0 Å². The summed E-state index contributed by atoms with van der Waals surface area (Å²) in [6.45, 7) is 2.77. The van der Waals surface area contributed by atoms with Crippen molar-refractivity contribution in [2.45, 2.75) is 19.8 Å². The van der Waals surface area contributed by atoms with Gasteiger partial charge in [-0.05, 0) is 62.8 Å². The number of hydrogen-bond donors (Lipinski definition) is 2. The number of nitrogens with zero attached hydrogens (tertiary/aromatic N) is 2. The Morgan fingerprint density at radius 1 is 1.18 bits per heavy atom. The molecule has 2 N–H and O–H groups in total. The second kappa shape index (κ2) is 10.4. The first-order valence-electron chi connectivity index (χ1n) is 8.67. The molecule has 0 atom stereocenters. The SMILES string of the molecule is CNCCCC(=O)Nc1ccc(-c2nc3cc(F)ccc3n2C)cc1C.Cl.Cl. The zero-order chi connectivity index (χ0) is 18.7. The minimum absolute atomic E-state index is 0. The van der Waals surface area contributed by atoms with Gasteiger partial charge in [-0.3, -0.25) is 4.79 Å². The summed E-state index contributed by atoms with van der Waals surface area (Å²) in [4.78, 5) is 16.6. The van der Waals surface area contributed by atoms with Crippen molar-refractivity contribution in [3.05, 3.63) is 47.8 Å². The first-order chi connectivity index (χ1) is 12.5. The average Bonchev–Trinajstić information content (AvgIpc) is 2.93. The van der Waals surface area contributed by atoms with Crippen LogP contribution in [0.4, 0.5) is 10.1 Å². The molecule has 0 fully saturated rings. The van der Waals surface area contributed by atoms with Crippen LogP contribution in [0, 0.1) is 12.7 Å². The summed E-state index contributed by atoms with van der Waals surface area (Å²) in [6.07, 6.45) is 1.29. The quantitative estimate of drug-likeness (QED) is 0.571. The Kier molecular flexibility index (Phi) is 8.88. The van der Waals surface area contributed by atoms with E-state index in [1.165, 1.54) is 12.1 Å². The van der Waals surface area contributed by atoms with E-state index >= 15 is 0 Å². The maximum Gasteiger partial charge on any atom is 0.224 e. The summed E-state index contributed by atoms with van der Waals surface area (Å²) in [6, 6.07) is 10.4. The number of carbonyl (C=O) groups is 1. The number of aromatic nitrogens is 2. The maximum atomic E-state index is 13.4. The summed E-state index contributed by atoms with van der Waals surface area (Å²) in [5.41, 5.74) is 4.19. The predicted molar refractivity (Wildman–Crippen MR) is 117 cm³/mol. The van der Waals surface area contributed by atoms with Crippen LogP contribution in [0.2, 0.25) is 0 Å². The molecule has 28 heavy (non-hydrogen) atoms. The molecule has 8 heteroatoms. The van der Waals surface area contributed by atoms with E-state index in [2.05, 4.69) is 15.6 Å². The van der Waals surface area contributed by atoms with Gasteiger partial charge in [0, 0.05) is 30.8 Å². The van der Waals surface area contributed by atoms with Crippen LogP contribution in [0.1, 0.15) is 18.4 Å². The molecule has 0 aliphatic heterocycles. The van der Waals surface area contributed by atoms with Gasteiger partial charge in [0.1, 0.15) is 11.6 Å². The lowest BCUT2D eigenvalue weighted by atomic mass is 10.1. The summed E-state index contributed by atoms with van der Waals surface area (Å²) in [5, 5.41) is 5.98. The van der Waals surface area contributed by atoms with Crippen molar-refractivity contribution in [2.24, 2.45) is 7.05 Å². The van der Waals surface area contributed by atoms with Crippen molar-refractivity contribution in [2.75, 3.05) is 18.9 Å². The van der Waals surface area contributed by atoms with E-state index in [1.807, 2.05) is 43.8 Å². The van der Waals surface area contributed by atoms with Crippen LogP contribution in [-0.4, -0.2) is 29.1 Å². The van der Waals surface area contributed by atoms with E-state index in [-0.39, 0.29) is 36.5 Å². The average molecular weight is 427 g/mol. The van der Waals surface area contributed by atoms with Gasteiger partial charge in [-0.25, -0.2) is 9.37 Å². The maximum absolute atomic E-state index is 13.4. The first kappa shape index (κ1) is 23.9. The van der Waals surface area contributed by atoms with E-state index < -0.39 is 0 Å². The Bertz CT molecular complexity index is 959. The number of anilines is 1. The van der Waals surface area contributed by atoms with Crippen molar-refractivity contribution in [3.63, 3.8) is 0 Å². The van der Waals surface area contributed by atoms with Crippen molar-refractivity contribution in [1.29, 1.82) is 0 Å². The number of hydrogen-bond acceptors (Lipinski definition) is 3. The summed E-state index contributed by atoms with van der Waals surface area (Å²) >= 11 is 0. The van der Waals surface area contributed by atoms with E-state index in [1.54, 1.807) is 6.07 Å². The van der Waals surface area contributed by atoms with E-state index in [9.17, 15) is 9.18 Å². The van der Waals surface area contributed by atoms with Crippen molar-refractivity contribution in [3.8, 4) is 11.4 Å². The van der Waals surface area contributed by atoms with Gasteiger partial charge < -0.3 is 15.2 Å². The lowest BCUT2D eigenvalue weighted by Crippen LogP contribution is -2.15. The first-order valence-corrected chi connectivity index (χ1v) is 8.67. The third kappa shape index (κ3) is 5.22. The van der Waals surface area contributed by atoms with Crippen LogP contribution >= 0.6 is 24.8 Å². The van der Waals surface area contributed by atoms with Gasteiger partial charge in [0.2, 0.25) is 5.91 Å². The van der Waals surface area contributed by atoms with Gasteiger partial charge in [0.05, 0.1) is 11.0 Å².